The number of amides is 2. The van der Waals surface area contributed by atoms with Crippen LogP contribution in [0.1, 0.15) is 43.2 Å². The Labute approximate surface area is 197 Å². The van der Waals surface area contributed by atoms with Crippen LogP contribution in [0, 0.1) is 0 Å². The zero-order chi connectivity index (χ0) is 23.9. The maximum Gasteiger partial charge on any atom is 0.407 e. The number of carboxylic acid groups (broad SMARTS) is 1. The minimum absolute atomic E-state index is 0.0590. The van der Waals surface area contributed by atoms with E-state index in [1.807, 2.05) is 24.3 Å². The van der Waals surface area contributed by atoms with Gasteiger partial charge >= 0.3 is 12.1 Å². The number of nitrogens with zero attached hydrogens (tertiary/aromatic N) is 1. The molecule has 34 heavy (non-hydrogen) atoms. The van der Waals surface area contributed by atoms with Crippen LogP contribution < -0.4 is 5.32 Å². The predicted molar refractivity (Wildman–Crippen MR) is 123 cm³/mol. The number of carboxylic acids is 1. The first-order chi connectivity index (χ1) is 16.4. The van der Waals surface area contributed by atoms with E-state index in [0.29, 0.717) is 32.4 Å². The molecule has 2 N–H and O–H groups in total. The smallest absolute Gasteiger partial charge is 0.407 e. The van der Waals surface area contributed by atoms with Crippen molar-refractivity contribution in [2.45, 2.75) is 49.8 Å². The molecule has 8 nitrogen and oxygen atoms in total. The molecule has 0 unspecified atom stereocenters. The Balaban J connectivity index is 1.24. The summed E-state index contributed by atoms with van der Waals surface area (Å²) in [5.41, 5.74) is 3.28. The Morgan fingerprint density at radius 1 is 1.12 bits per heavy atom. The minimum Gasteiger partial charge on any atom is -0.480 e. The van der Waals surface area contributed by atoms with Crippen molar-refractivity contribution >= 4 is 18.0 Å². The highest BCUT2D eigenvalue weighted by Crippen LogP contribution is 2.44. The number of likely N-dealkylation sites (tertiary alicyclic amines) is 1. The van der Waals surface area contributed by atoms with Crippen molar-refractivity contribution in [2.75, 3.05) is 19.8 Å². The van der Waals surface area contributed by atoms with Crippen LogP contribution in [-0.2, 0) is 19.1 Å². The number of alkyl carbamates (subject to hydrolysis) is 1. The molecule has 178 valence electrons. The predicted octanol–water partition coefficient (Wildman–Crippen LogP) is 3.15. The number of aliphatic carboxylic acids is 1. The highest BCUT2D eigenvalue weighted by atomic mass is 16.6. The third kappa shape index (κ3) is 3.72. The van der Waals surface area contributed by atoms with E-state index in [1.165, 1.54) is 4.90 Å². The van der Waals surface area contributed by atoms with Crippen LogP contribution >= 0.6 is 0 Å². The zero-order valence-corrected chi connectivity index (χ0v) is 19.0. The minimum atomic E-state index is -1.25. The third-order valence-corrected chi connectivity index (χ3v) is 7.35. The standard InChI is InChI=1S/C26H28N2O6/c1-26(24(30)31)12-6-13-28(26)23(29)22-21(11-14-33-22)27-25(32)34-15-20-18-9-4-2-7-16(18)17-8-3-5-10-19(17)20/h2-5,7-10,20-22H,6,11-15H2,1H3,(H,27,32)(H,30,31)/t21-,22+,26+/m0/s1. The fourth-order valence-electron chi connectivity index (χ4n) is 5.46. The summed E-state index contributed by atoms with van der Waals surface area (Å²) in [6.45, 7) is 2.40. The van der Waals surface area contributed by atoms with Crippen molar-refractivity contribution in [3.05, 3.63) is 59.7 Å². The van der Waals surface area contributed by atoms with Crippen LogP contribution in [-0.4, -0.2) is 65.4 Å². The molecular formula is C26H28N2O6. The van der Waals surface area contributed by atoms with Gasteiger partial charge in [-0.2, -0.15) is 0 Å². The topological polar surface area (TPSA) is 105 Å². The Hall–Kier alpha value is -3.39. The molecule has 8 heteroatoms. The second-order valence-electron chi connectivity index (χ2n) is 9.33. The average molecular weight is 465 g/mol. The normalized spacial score (nSPS) is 25.6. The summed E-state index contributed by atoms with van der Waals surface area (Å²) in [6.07, 6.45) is -0.0651. The van der Waals surface area contributed by atoms with Crippen molar-refractivity contribution in [2.24, 2.45) is 0 Å². The molecular weight excluding hydrogens is 436 g/mol. The van der Waals surface area contributed by atoms with E-state index in [-0.39, 0.29) is 12.5 Å². The van der Waals surface area contributed by atoms with E-state index in [1.54, 1.807) is 6.92 Å². The number of nitrogens with one attached hydrogen (secondary N) is 1. The van der Waals surface area contributed by atoms with E-state index in [0.717, 1.165) is 22.3 Å². The number of carbonyl (C=O) groups is 3. The van der Waals surface area contributed by atoms with Gasteiger partial charge in [0.2, 0.25) is 0 Å². The van der Waals surface area contributed by atoms with Gasteiger partial charge in [-0.05, 0) is 48.4 Å². The van der Waals surface area contributed by atoms with Crippen molar-refractivity contribution in [3.63, 3.8) is 0 Å². The molecule has 0 spiro atoms. The molecule has 1 aliphatic carbocycles. The number of benzene rings is 2. The van der Waals surface area contributed by atoms with Crippen LogP contribution in [0.4, 0.5) is 4.79 Å². The highest BCUT2D eigenvalue weighted by Gasteiger charge is 2.50. The van der Waals surface area contributed by atoms with Crippen LogP contribution in [0.2, 0.25) is 0 Å². The van der Waals surface area contributed by atoms with Gasteiger partial charge in [-0.15, -0.1) is 0 Å². The molecule has 2 aromatic carbocycles. The number of hydrogen-bond donors (Lipinski definition) is 2. The fraction of sp³-hybridized carbons (Fsp3) is 0.423. The summed E-state index contributed by atoms with van der Waals surface area (Å²) in [6, 6.07) is 15.6. The van der Waals surface area contributed by atoms with Crippen LogP contribution in [0.15, 0.2) is 48.5 Å². The molecule has 3 aliphatic rings. The van der Waals surface area contributed by atoms with E-state index in [4.69, 9.17) is 9.47 Å². The molecule has 0 bridgehead atoms. The second kappa shape index (κ2) is 8.76. The summed E-state index contributed by atoms with van der Waals surface area (Å²) < 4.78 is 11.2. The first-order valence-electron chi connectivity index (χ1n) is 11.7. The molecule has 2 saturated heterocycles. The molecule has 2 amide bonds. The monoisotopic (exact) mass is 464 g/mol. The second-order valence-corrected chi connectivity index (χ2v) is 9.33. The largest absolute Gasteiger partial charge is 0.480 e. The van der Waals surface area contributed by atoms with E-state index in [2.05, 4.69) is 29.6 Å². The maximum absolute atomic E-state index is 13.1. The first kappa shape index (κ1) is 22.4. The van der Waals surface area contributed by atoms with Gasteiger partial charge in [0.15, 0.2) is 6.10 Å². The molecule has 5 rings (SSSR count). The number of carbonyl (C=O) groups excluding carboxylic acids is 2. The van der Waals surface area contributed by atoms with Crippen LogP contribution in [0.5, 0.6) is 0 Å². The van der Waals surface area contributed by atoms with Crippen molar-refractivity contribution in [1.82, 2.24) is 10.2 Å². The van der Waals surface area contributed by atoms with Crippen LogP contribution in [0.3, 0.4) is 0 Å². The summed E-state index contributed by atoms with van der Waals surface area (Å²) in [4.78, 5) is 39.0. The van der Waals surface area contributed by atoms with E-state index < -0.39 is 35.7 Å². The summed E-state index contributed by atoms with van der Waals surface area (Å²) in [5.74, 6) is -1.49. The van der Waals surface area contributed by atoms with Crippen molar-refractivity contribution < 1.29 is 29.0 Å². The molecule has 0 aromatic heterocycles. The molecule has 2 heterocycles. The lowest BCUT2D eigenvalue weighted by atomic mass is 9.98. The lowest BCUT2D eigenvalue weighted by Crippen LogP contribution is -2.57. The molecule has 0 radical (unpaired) electrons. The van der Waals surface area contributed by atoms with E-state index in [9.17, 15) is 19.5 Å². The molecule has 2 aliphatic heterocycles. The molecule has 2 fully saturated rings. The van der Waals surface area contributed by atoms with Gasteiger partial charge in [0.05, 0.1) is 6.04 Å². The highest BCUT2D eigenvalue weighted by molar-refractivity contribution is 5.90. The molecule has 2 aromatic rings. The van der Waals surface area contributed by atoms with Gasteiger partial charge in [-0.25, -0.2) is 9.59 Å². The van der Waals surface area contributed by atoms with E-state index >= 15 is 0 Å². The number of ether oxygens (including phenoxy) is 2. The Kier molecular flexibility index (Phi) is 5.77. The fourth-order valence-corrected chi connectivity index (χ4v) is 5.46. The number of rotatable bonds is 5. The lowest BCUT2D eigenvalue weighted by molar-refractivity contribution is -0.159. The Morgan fingerprint density at radius 2 is 1.76 bits per heavy atom. The summed E-state index contributed by atoms with van der Waals surface area (Å²) in [5, 5.41) is 12.4. The SMILES string of the molecule is C[C@]1(C(=O)O)CCCN1C(=O)[C@@H]1OCC[C@@H]1NC(=O)OCC1c2ccccc2-c2ccccc21. The quantitative estimate of drug-likeness (QED) is 0.704. The van der Waals surface area contributed by atoms with Crippen molar-refractivity contribution in [1.29, 1.82) is 0 Å². The van der Waals surface area contributed by atoms with Gasteiger partial charge in [0.25, 0.3) is 5.91 Å². The van der Waals surface area contributed by atoms with Gasteiger partial charge in [-0.1, -0.05) is 48.5 Å². The first-order valence-corrected chi connectivity index (χ1v) is 11.7. The van der Waals surface area contributed by atoms with Gasteiger partial charge in [-0.3, -0.25) is 4.79 Å². The number of hydrogen-bond acceptors (Lipinski definition) is 5. The summed E-state index contributed by atoms with van der Waals surface area (Å²) >= 11 is 0. The summed E-state index contributed by atoms with van der Waals surface area (Å²) in [7, 11) is 0. The molecule has 3 atom stereocenters. The van der Waals surface area contributed by atoms with Gasteiger partial charge in [0, 0.05) is 19.1 Å². The lowest BCUT2D eigenvalue weighted by Gasteiger charge is -2.34. The molecule has 0 saturated carbocycles. The third-order valence-electron chi connectivity index (χ3n) is 7.35. The van der Waals surface area contributed by atoms with Crippen LogP contribution in [0.25, 0.3) is 11.1 Å². The zero-order valence-electron chi connectivity index (χ0n) is 19.0. The average Bonchev–Trinajstić information content (AvgIpc) is 3.54. The Morgan fingerprint density at radius 3 is 2.41 bits per heavy atom. The van der Waals surface area contributed by atoms with Crippen molar-refractivity contribution in [3.8, 4) is 11.1 Å². The Bertz CT molecular complexity index is 1090. The maximum atomic E-state index is 13.1. The number of fused-ring (bicyclic) bond motifs is 3. The van der Waals surface area contributed by atoms with Gasteiger partial charge < -0.3 is 24.8 Å². The van der Waals surface area contributed by atoms with Gasteiger partial charge in [0.1, 0.15) is 12.1 Å².